The van der Waals surface area contributed by atoms with E-state index in [0.717, 1.165) is 18.8 Å². The van der Waals surface area contributed by atoms with Gasteiger partial charge < -0.3 is 15.4 Å². The maximum absolute atomic E-state index is 5.13. The van der Waals surface area contributed by atoms with Crippen molar-refractivity contribution < 1.29 is 4.74 Å². The number of hydrogen-bond acceptors (Lipinski definition) is 5. The Labute approximate surface area is 89.3 Å². The zero-order valence-corrected chi connectivity index (χ0v) is 8.86. The minimum Gasteiger partial charge on any atom is -0.480 e. The molecule has 0 aromatic carbocycles. The van der Waals surface area contributed by atoms with Gasteiger partial charge in [-0.3, -0.25) is 4.98 Å². The van der Waals surface area contributed by atoms with E-state index in [1.165, 1.54) is 6.42 Å². The van der Waals surface area contributed by atoms with E-state index in [1.54, 1.807) is 19.5 Å². The second kappa shape index (κ2) is 5.04. The summed E-state index contributed by atoms with van der Waals surface area (Å²) in [5.74, 6) is 0.607. The molecule has 1 aromatic heterocycles. The molecule has 5 heteroatoms. The van der Waals surface area contributed by atoms with Crippen molar-refractivity contribution in [3.05, 3.63) is 18.1 Å². The van der Waals surface area contributed by atoms with Crippen LogP contribution in [0.5, 0.6) is 5.88 Å². The summed E-state index contributed by atoms with van der Waals surface area (Å²) >= 11 is 0. The van der Waals surface area contributed by atoms with Crippen LogP contribution in [0.1, 0.15) is 12.1 Å². The van der Waals surface area contributed by atoms with Crippen molar-refractivity contribution in [2.75, 3.05) is 20.2 Å². The van der Waals surface area contributed by atoms with Crippen LogP contribution in [0, 0.1) is 0 Å². The van der Waals surface area contributed by atoms with Crippen molar-refractivity contribution in [1.82, 2.24) is 20.6 Å². The van der Waals surface area contributed by atoms with Crippen molar-refractivity contribution in [3.63, 3.8) is 0 Å². The molecule has 0 saturated carbocycles. The lowest BCUT2D eigenvalue weighted by atomic mass is 10.2. The molecule has 0 amide bonds. The molecule has 15 heavy (non-hydrogen) atoms. The van der Waals surface area contributed by atoms with Crippen LogP contribution in [-0.4, -0.2) is 36.2 Å². The molecule has 2 N–H and O–H groups in total. The SMILES string of the molecule is COc1nccnc1CNC1CCNC1. The average molecular weight is 208 g/mol. The predicted octanol–water partition coefficient (Wildman–Crippen LogP) is -0.0633. The van der Waals surface area contributed by atoms with Gasteiger partial charge in [0.05, 0.1) is 7.11 Å². The number of methoxy groups -OCH3 is 1. The van der Waals surface area contributed by atoms with E-state index in [2.05, 4.69) is 20.6 Å². The second-order valence-corrected chi connectivity index (χ2v) is 3.58. The maximum atomic E-state index is 5.13. The predicted molar refractivity (Wildman–Crippen MR) is 56.7 cm³/mol. The first kappa shape index (κ1) is 10.3. The Hall–Kier alpha value is -1.20. The minimum absolute atomic E-state index is 0.539. The Balaban J connectivity index is 1.91. The van der Waals surface area contributed by atoms with Gasteiger partial charge in [0.1, 0.15) is 5.69 Å². The van der Waals surface area contributed by atoms with Crippen molar-refractivity contribution >= 4 is 0 Å². The summed E-state index contributed by atoms with van der Waals surface area (Å²) in [5, 5.41) is 6.74. The number of aromatic nitrogens is 2. The molecule has 0 aliphatic carbocycles. The smallest absolute Gasteiger partial charge is 0.236 e. The van der Waals surface area contributed by atoms with Crippen LogP contribution in [0.2, 0.25) is 0 Å². The lowest BCUT2D eigenvalue weighted by Crippen LogP contribution is -2.30. The largest absolute Gasteiger partial charge is 0.480 e. The van der Waals surface area contributed by atoms with Gasteiger partial charge in [-0.1, -0.05) is 0 Å². The van der Waals surface area contributed by atoms with E-state index in [9.17, 15) is 0 Å². The lowest BCUT2D eigenvalue weighted by molar-refractivity contribution is 0.385. The van der Waals surface area contributed by atoms with E-state index >= 15 is 0 Å². The summed E-state index contributed by atoms with van der Waals surface area (Å²) in [5.41, 5.74) is 0.868. The molecule has 1 unspecified atom stereocenters. The van der Waals surface area contributed by atoms with Crippen LogP contribution in [0.15, 0.2) is 12.4 Å². The van der Waals surface area contributed by atoms with Crippen LogP contribution in [0.4, 0.5) is 0 Å². The highest BCUT2D eigenvalue weighted by Gasteiger charge is 2.14. The van der Waals surface area contributed by atoms with Gasteiger partial charge in [0.25, 0.3) is 0 Å². The van der Waals surface area contributed by atoms with Gasteiger partial charge >= 0.3 is 0 Å². The highest BCUT2D eigenvalue weighted by molar-refractivity contribution is 5.16. The first-order chi connectivity index (χ1) is 7.40. The second-order valence-electron chi connectivity index (χ2n) is 3.58. The van der Waals surface area contributed by atoms with Crippen LogP contribution in [0.3, 0.4) is 0 Å². The molecule has 82 valence electrons. The fraction of sp³-hybridized carbons (Fsp3) is 0.600. The van der Waals surface area contributed by atoms with Crippen LogP contribution in [-0.2, 0) is 6.54 Å². The zero-order chi connectivity index (χ0) is 10.5. The number of ether oxygens (including phenoxy) is 1. The Bertz CT molecular complexity index is 312. The van der Waals surface area contributed by atoms with Crippen LogP contribution in [0.25, 0.3) is 0 Å². The number of rotatable bonds is 4. The van der Waals surface area contributed by atoms with Crippen molar-refractivity contribution in [1.29, 1.82) is 0 Å². The molecule has 1 aliphatic rings. The van der Waals surface area contributed by atoms with Gasteiger partial charge in [-0.2, -0.15) is 0 Å². The Morgan fingerprint density at radius 3 is 3.13 bits per heavy atom. The normalized spacial score (nSPS) is 20.5. The molecule has 1 fully saturated rings. The van der Waals surface area contributed by atoms with E-state index < -0.39 is 0 Å². The van der Waals surface area contributed by atoms with E-state index in [4.69, 9.17) is 4.74 Å². The highest BCUT2D eigenvalue weighted by atomic mass is 16.5. The molecule has 0 radical (unpaired) electrons. The first-order valence-electron chi connectivity index (χ1n) is 5.18. The average Bonchev–Trinajstić information content (AvgIpc) is 2.79. The van der Waals surface area contributed by atoms with Gasteiger partial charge in [0.15, 0.2) is 0 Å². The van der Waals surface area contributed by atoms with Gasteiger partial charge in [0, 0.05) is 31.5 Å². The molecular weight excluding hydrogens is 192 g/mol. The molecule has 0 bridgehead atoms. The molecule has 5 nitrogen and oxygen atoms in total. The summed E-state index contributed by atoms with van der Waals surface area (Å²) in [4.78, 5) is 8.34. The zero-order valence-electron chi connectivity index (χ0n) is 8.86. The third-order valence-corrected chi connectivity index (χ3v) is 2.55. The van der Waals surface area contributed by atoms with Crippen molar-refractivity contribution in [2.45, 2.75) is 19.0 Å². The quantitative estimate of drug-likeness (QED) is 0.725. The van der Waals surface area contributed by atoms with E-state index in [1.807, 2.05) is 0 Å². The summed E-state index contributed by atoms with van der Waals surface area (Å²) in [6.07, 6.45) is 4.49. The van der Waals surface area contributed by atoms with Crippen LogP contribution >= 0.6 is 0 Å². The highest BCUT2D eigenvalue weighted by Crippen LogP contribution is 2.10. The van der Waals surface area contributed by atoms with Gasteiger partial charge in [-0.05, 0) is 13.0 Å². The molecule has 1 aliphatic heterocycles. The number of hydrogen-bond donors (Lipinski definition) is 2. The molecule has 1 atom stereocenters. The van der Waals surface area contributed by atoms with E-state index in [0.29, 0.717) is 18.5 Å². The fourth-order valence-electron chi connectivity index (χ4n) is 1.72. The topological polar surface area (TPSA) is 59.1 Å². The summed E-state index contributed by atoms with van der Waals surface area (Å²) in [6.45, 7) is 2.83. The maximum Gasteiger partial charge on any atom is 0.236 e. The molecule has 1 aromatic rings. The molecule has 1 saturated heterocycles. The molecule has 2 heterocycles. The molecule has 2 rings (SSSR count). The Kier molecular flexibility index (Phi) is 3.47. The van der Waals surface area contributed by atoms with E-state index in [-0.39, 0.29) is 0 Å². The molecule has 0 spiro atoms. The fourth-order valence-corrected chi connectivity index (χ4v) is 1.72. The monoisotopic (exact) mass is 208 g/mol. The lowest BCUT2D eigenvalue weighted by Gasteiger charge is -2.11. The standard InChI is InChI=1S/C10H16N4O/c1-15-10-9(12-4-5-13-10)7-14-8-2-3-11-6-8/h4-5,8,11,14H,2-3,6-7H2,1H3. The van der Waals surface area contributed by atoms with Gasteiger partial charge in [-0.25, -0.2) is 4.98 Å². The summed E-state index contributed by atoms with van der Waals surface area (Å²) in [7, 11) is 1.62. The third kappa shape index (κ3) is 2.64. The summed E-state index contributed by atoms with van der Waals surface area (Å²) in [6, 6.07) is 0.539. The van der Waals surface area contributed by atoms with Crippen molar-refractivity contribution in [3.8, 4) is 5.88 Å². The first-order valence-corrected chi connectivity index (χ1v) is 5.18. The third-order valence-electron chi connectivity index (χ3n) is 2.55. The molecular formula is C10H16N4O. The number of nitrogens with zero attached hydrogens (tertiary/aromatic N) is 2. The van der Waals surface area contributed by atoms with Crippen LogP contribution < -0.4 is 15.4 Å². The minimum atomic E-state index is 0.539. The van der Waals surface area contributed by atoms with Gasteiger partial charge in [0.2, 0.25) is 5.88 Å². The number of nitrogens with one attached hydrogen (secondary N) is 2. The van der Waals surface area contributed by atoms with Crippen molar-refractivity contribution in [2.24, 2.45) is 0 Å². The Morgan fingerprint density at radius 1 is 1.53 bits per heavy atom. The summed E-state index contributed by atoms with van der Waals surface area (Å²) < 4.78 is 5.13. The van der Waals surface area contributed by atoms with Gasteiger partial charge in [-0.15, -0.1) is 0 Å². The Morgan fingerprint density at radius 2 is 2.40 bits per heavy atom.